The molecule has 2 atom stereocenters. The van der Waals surface area contributed by atoms with E-state index in [1.165, 1.54) is 4.80 Å². The van der Waals surface area contributed by atoms with E-state index in [1.807, 2.05) is 0 Å². The minimum atomic E-state index is 0.0340. The third-order valence-electron chi connectivity index (χ3n) is 2.08. The van der Waals surface area contributed by atoms with Crippen LogP contribution in [0.5, 0.6) is 0 Å². The van der Waals surface area contributed by atoms with Crippen LogP contribution in [0.4, 0.5) is 0 Å². The van der Waals surface area contributed by atoms with Crippen molar-refractivity contribution in [1.29, 1.82) is 0 Å². The number of alkyl halides is 1. The Morgan fingerprint density at radius 1 is 1.64 bits per heavy atom. The van der Waals surface area contributed by atoms with E-state index in [0.29, 0.717) is 25.6 Å². The Balaban J connectivity index is 1.82. The van der Waals surface area contributed by atoms with Crippen LogP contribution in [-0.4, -0.2) is 44.8 Å². The first-order chi connectivity index (χ1) is 6.75. The zero-order valence-corrected chi connectivity index (χ0v) is 8.61. The normalized spacial score (nSPS) is 27.0. The summed E-state index contributed by atoms with van der Waals surface area (Å²) in [4.78, 5) is 1.43. The Bertz CT molecular complexity index is 304. The number of aryl methyl sites for hydroxylation is 1. The number of nitrogens with zero attached hydrogens (tertiary/aromatic N) is 4. The van der Waals surface area contributed by atoms with Crippen LogP contribution in [-0.2, 0) is 18.3 Å². The molecule has 0 aromatic carbocycles. The summed E-state index contributed by atoms with van der Waals surface area (Å²) in [6.07, 6.45) is 0. The van der Waals surface area contributed by atoms with E-state index in [2.05, 4.69) is 20.7 Å². The highest BCUT2D eigenvalue weighted by molar-refractivity contribution is 6.21. The lowest BCUT2D eigenvalue weighted by Gasteiger charge is -2.11. The van der Waals surface area contributed by atoms with Crippen LogP contribution in [0.15, 0.2) is 0 Å². The maximum atomic E-state index is 6.00. The summed E-state index contributed by atoms with van der Waals surface area (Å²) >= 11 is 6.00. The summed E-state index contributed by atoms with van der Waals surface area (Å²) < 4.78 is 5.21. The highest BCUT2D eigenvalue weighted by Crippen LogP contribution is 2.11. The van der Waals surface area contributed by atoms with Crippen LogP contribution in [0.3, 0.4) is 0 Å². The van der Waals surface area contributed by atoms with Gasteiger partial charge in [-0.2, -0.15) is 4.80 Å². The number of rotatable bonds is 3. The molecule has 2 heterocycles. The highest BCUT2D eigenvalue weighted by atomic mass is 35.5. The Morgan fingerprint density at radius 3 is 3.07 bits per heavy atom. The van der Waals surface area contributed by atoms with E-state index in [9.17, 15) is 0 Å². The molecule has 1 aromatic rings. The second-order valence-electron chi connectivity index (χ2n) is 3.24. The van der Waals surface area contributed by atoms with Crippen LogP contribution in [0.25, 0.3) is 0 Å². The second-order valence-corrected chi connectivity index (χ2v) is 3.80. The predicted molar refractivity (Wildman–Crippen MR) is 49.9 cm³/mol. The van der Waals surface area contributed by atoms with Gasteiger partial charge in [-0.25, -0.2) is 0 Å². The SMILES string of the molecule is Cn1nnc(CNC2COCC2Cl)n1. The molecule has 0 radical (unpaired) electrons. The largest absolute Gasteiger partial charge is 0.378 e. The van der Waals surface area contributed by atoms with Gasteiger partial charge in [-0.15, -0.1) is 21.8 Å². The molecule has 1 N–H and O–H groups in total. The number of hydrogen-bond acceptors (Lipinski definition) is 5. The first-order valence-electron chi connectivity index (χ1n) is 4.44. The van der Waals surface area contributed by atoms with Gasteiger partial charge in [0.1, 0.15) is 0 Å². The fourth-order valence-corrected chi connectivity index (χ4v) is 1.58. The van der Waals surface area contributed by atoms with E-state index < -0.39 is 0 Å². The molecule has 0 amide bonds. The van der Waals surface area contributed by atoms with Crippen molar-refractivity contribution in [3.8, 4) is 0 Å². The molecule has 14 heavy (non-hydrogen) atoms. The molecule has 2 unspecified atom stereocenters. The van der Waals surface area contributed by atoms with Crippen molar-refractivity contribution in [2.45, 2.75) is 18.0 Å². The van der Waals surface area contributed by atoms with Crippen LogP contribution in [0, 0.1) is 0 Å². The molecule has 1 aliphatic heterocycles. The number of aromatic nitrogens is 4. The predicted octanol–water partition coefficient (Wildman–Crippen LogP) is -0.694. The minimum absolute atomic E-state index is 0.0340. The van der Waals surface area contributed by atoms with Crippen molar-refractivity contribution < 1.29 is 4.74 Å². The molecule has 0 saturated carbocycles. The van der Waals surface area contributed by atoms with Gasteiger partial charge in [-0.3, -0.25) is 0 Å². The molecule has 2 rings (SSSR count). The molecule has 0 bridgehead atoms. The summed E-state index contributed by atoms with van der Waals surface area (Å²) in [5, 5.41) is 14.9. The van der Waals surface area contributed by atoms with Crippen molar-refractivity contribution in [1.82, 2.24) is 25.5 Å². The van der Waals surface area contributed by atoms with Crippen LogP contribution < -0.4 is 5.32 Å². The van der Waals surface area contributed by atoms with E-state index in [1.54, 1.807) is 7.05 Å². The first-order valence-corrected chi connectivity index (χ1v) is 4.87. The fraction of sp³-hybridized carbons (Fsp3) is 0.857. The quantitative estimate of drug-likeness (QED) is 0.679. The summed E-state index contributed by atoms with van der Waals surface area (Å²) in [7, 11) is 1.74. The standard InChI is InChI=1S/C7H12ClN5O/c1-13-11-7(10-12-13)2-9-6-4-14-3-5(6)8/h5-6,9H,2-4H2,1H3. The van der Waals surface area contributed by atoms with Crippen LogP contribution in [0.1, 0.15) is 5.82 Å². The summed E-state index contributed by atoms with van der Waals surface area (Å²) in [5.41, 5.74) is 0. The van der Waals surface area contributed by atoms with Crippen molar-refractivity contribution in [3.05, 3.63) is 5.82 Å². The smallest absolute Gasteiger partial charge is 0.188 e. The van der Waals surface area contributed by atoms with Gasteiger partial charge in [0.25, 0.3) is 0 Å². The molecular weight excluding hydrogens is 206 g/mol. The van der Waals surface area contributed by atoms with Gasteiger partial charge in [-0.1, -0.05) is 0 Å². The summed E-state index contributed by atoms with van der Waals surface area (Å²) in [6, 6.07) is 0.181. The molecule has 0 aliphatic carbocycles. The molecule has 7 heteroatoms. The molecule has 1 aliphatic rings. The van der Waals surface area contributed by atoms with Crippen LogP contribution >= 0.6 is 11.6 Å². The van der Waals surface area contributed by atoms with Crippen molar-refractivity contribution in [3.63, 3.8) is 0 Å². The first kappa shape index (κ1) is 9.82. The number of ether oxygens (including phenoxy) is 1. The average Bonchev–Trinajstić information content (AvgIpc) is 2.72. The van der Waals surface area contributed by atoms with Gasteiger partial charge in [0.15, 0.2) is 5.82 Å². The minimum Gasteiger partial charge on any atom is -0.378 e. The molecular formula is C7H12ClN5O. The third kappa shape index (κ3) is 2.20. The van der Waals surface area contributed by atoms with Crippen LogP contribution in [0.2, 0.25) is 0 Å². The Hall–Kier alpha value is -0.720. The lowest BCUT2D eigenvalue weighted by molar-refractivity contribution is 0.190. The topological polar surface area (TPSA) is 64.9 Å². The summed E-state index contributed by atoms with van der Waals surface area (Å²) in [6.45, 7) is 1.83. The van der Waals surface area contributed by atoms with Gasteiger partial charge in [-0.05, 0) is 5.21 Å². The maximum absolute atomic E-state index is 6.00. The van der Waals surface area contributed by atoms with Crippen molar-refractivity contribution >= 4 is 11.6 Å². The molecule has 6 nitrogen and oxygen atoms in total. The van der Waals surface area contributed by atoms with E-state index >= 15 is 0 Å². The molecule has 1 fully saturated rings. The molecule has 78 valence electrons. The highest BCUT2D eigenvalue weighted by Gasteiger charge is 2.25. The lowest BCUT2D eigenvalue weighted by Crippen LogP contribution is -2.35. The summed E-state index contributed by atoms with van der Waals surface area (Å²) in [5.74, 6) is 0.670. The van der Waals surface area contributed by atoms with E-state index in [4.69, 9.17) is 16.3 Å². The van der Waals surface area contributed by atoms with Gasteiger partial charge in [0.05, 0.1) is 32.2 Å². The zero-order chi connectivity index (χ0) is 9.97. The van der Waals surface area contributed by atoms with E-state index in [0.717, 1.165) is 0 Å². The number of nitrogens with one attached hydrogen (secondary N) is 1. The van der Waals surface area contributed by atoms with E-state index in [-0.39, 0.29) is 11.4 Å². The Labute approximate surface area is 86.6 Å². The average molecular weight is 218 g/mol. The van der Waals surface area contributed by atoms with Crippen molar-refractivity contribution in [2.24, 2.45) is 7.05 Å². The molecule has 1 aromatic heterocycles. The Morgan fingerprint density at radius 2 is 2.50 bits per heavy atom. The van der Waals surface area contributed by atoms with Gasteiger partial charge < -0.3 is 10.1 Å². The number of halogens is 1. The lowest BCUT2D eigenvalue weighted by atomic mass is 10.2. The van der Waals surface area contributed by atoms with Gasteiger partial charge in [0.2, 0.25) is 0 Å². The second kappa shape index (κ2) is 4.20. The number of hydrogen-bond donors (Lipinski definition) is 1. The fourth-order valence-electron chi connectivity index (χ4n) is 1.33. The van der Waals surface area contributed by atoms with Crippen molar-refractivity contribution in [2.75, 3.05) is 13.2 Å². The monoisotopic (exact) mass is 217 g/mol. The van der Waals surface area contributed by atoms with Gasteiger partial charge >= 0.3 is 0 Å². The molecule has 0 spiro atoms. The molecule has 1 saturated heterocycles. The Kier molecular flexibility index (Phi) is 2.95. The van der Waals surface area contributed by atoms with Gasteiger partial charge in [0, 0.05) is 6.04 Å². The maximum Gasteiger partial charge on any atom is 0.188 e. The zero-order valence-electron chi connectivity index (χ0n) is 7.85. The third-order valence-corrected chi connectivity index (χ3v) is 2.51. The number of tetrazole rings is 1.